The minimum absolute atomic E-state index is 0.167. The van der Waals surface area contributed by atoms with Crippen molar-refractivity contribution in [1.82, 2.24) is 0 Å². The van der Waals surface area contributed by atoms with Crippen LogP contribution in [0.25, 0.3) is 0 Å². The average molecular weight is 439 g/mol. The molecule has 0 fully saturated rings. The molecule has 3 rings (SSSR count). The molecule has 0 radical (unpaired) electrons. The molecule has 0 spiro atoms. The molecule has 0 N–H and O–H groups in total. The fourth-order valence-corrected chi connectivity index (χ4v) is 5.50. The molecule has 0 aliphatic carbocycles. The van der Waals surface area contributed by atoms with Crippen LogP contribution in [0, 0.1) is 0 Å². The molecular weight excluding hydrogens is 412 g/mol. The van der Waals surface area contributed by atoms with Gasteiger partial charge in [0, 0.05) is 5.33 Å². The molecule has 140 valence electrons. The normalized spacial score (nSPS) is 11.4. The summed E-state index contributed by atoms with van der Waals surface area (Å²) < 4.78 is -0.167. The zero-order valence-corrected chi connectivity index (χ0v) is 18.1. The largest absolute Gasteiger partial charge is 0.141 e. The molecular formula is C25H27BrS. The van der Waals surface area contributed by atoms with Gasteiger partial charge in [-0.25, -0.2) is 0 Å². The van der Waals surface area contributed by atoms with Crippen LogP contribution in [0.15, 0.2) is 91.0 Å². The number of benzene rings is 3. The Bertz CT molecular complexity index is 675. The summed E-state index contributed by atoms with van der Waals surface area (Å²) in [7, 11) is 0. The van der Waals surface area contributed by atoms with Crippen LogP contribution < -0.4 is 0 Å². The predicted octanol–water partition coefficient (Wildman–Crippen LogP) is 7.67. The second-order valence-corrected chi connectivity index (χ2v) is 8.83. The van der Waals surface area contributed by atoms with E-state index in [2.05, 4.69) is 119 Å². The highest BCUT2D eigenvalue weighted by atomic mass is 79.9. The lowest BCUT2D eigenvalue weighted by Gasteiger charge is -2.35. The van der Waals surface area contributed by atoms with E-state index in [1.54, 1.807) is 0 Å². The summed E-state index contributed by atoms with van der Waals surface area (Å²) in [5.41, 5.74) is 4.06. The summed E-state index contributed by atoms with van der Waals surface area (Å²) in [6.45, 7) is 0. The van der Waals surface area contributed by atoms with Crippen LogP contribution in [-0.4, -0.2) is 11.1 Å². The standard InChI is InChI=1S/C25H27BrS/c26-20-12-1-2-13-21-27-25(22-14-6-3-7-15-22,23-16-8-4-9-17-23)24-18-10-5-11-19-24/h3-11,14-19H,1-2,12-13,20-21H2. The monoisotopic (exact) mass is 438 g/mol. The van der Waals surface area contributed by atoms with Crippen LogP contribution in [0.1, 0.15) is 42.4 Å². The highest BCUT2D eigenvalue weighted by Gasteiger charge is 2.36. The lowest BCUT2D eigenvalue weighted by molar-refractivity contribution is 0.711. The predicted molar refractivity (Wildman–Crippen MR) is 124 cm³/mol. The number of hydrogen-bond acceptors (Lipinski definition) is 1. The van der Waals surface area contributed by atoms with E-state index in [0.29, 0.717) is 0 Å². The smallest absolute Gasteiger partial charge is 0.0906 e. The van der Waals surface area contributed by atoms with Gasteiger partial charge in [0.15, 0.2) is 0 Å². The van der Waals surface area contributed by atoms with Crippen molar-refractivity contribution in [1.29, 1.82) is 0 Å². The third-order valence-corrected chi connectivity index (χ3v) is 7.08. The molecule has 0 aliphatic rings. The van der Waals surface area contributed by atoms with Gasteiger partial charge in [-0.1, -0.05) is 120 Å². The van der Waals surface area contributed by atoms with Crippen molar-refractivity contribution >= 4 is 27.7 Å². The van der Waals surface area contributed by atoms with Crippen LogP contribution in [0.3, 0.4) is 0 Å². The number of alkyl halides is 1. The lowest BCUT2D eigenvalue weighted by atomic mass is 9.84. The summed E-state index contributed by atoms with van der Waals surface area (Å²) >= 11 is 5.61. The number of unbranched alkanes of at least 4 members (excludes halogenated alkanes) is 3. The van der Waals surface area contributed by atoms with Gasteiger partial charge < -0.3 is 0 Å². The zero-order chi connectivity index (χ0) is 18.8. The van der Waals surface area contributed by atoms with E-state index in [0.717, 1.165) is 11.1 Å². The average Bonchev–Trinajstić information content (AvgIpc) is 2.75. The third kappa shape index (κ3) is 5.06. The summed E-state index contributed by atoms with van der Waals surface area (Å²) in [5, 5.41) is 1.11. The van der Waals surface area contributed by atoms with Gasteiger partial charge in [-0.3, -0.25) is 0 Å². The fourth-order valence-electron chi connectivity index (χ4n) is 3.54. The lowest BCUT2D eigenvalue weighted by Crippen LogP contribution is -2.26. The molecule has 0 bridgehead atoms. The van der Waals surface area contributed by atoms with Gasteiger partial charge in [0.1, 0.15) is 0 Å². The molecule has 0 amide bonds. The molecule has 0 aromatic heterocycles. The summed E-state index contributed by atoms with van der Waals surface area (Å²) in [5.74, 6) is 1.15. The summed E-state index contributed by atoms with van der Waals surface area (Å²) in [6, 6.07) is 32.9. The molecule has 0 saturated carbocycles. The molecule has 0 heterocycles. The van der Waals surface area contributed by atoms with Gasteiger partial charge in [0.05, 0.1) is 4.75 Å². The molecule has 0 saturated heterocycles. The first kappa shape index (κ1) is 20.2. The van der Waals surface area contributed by atoms with E-state index in [1.165, 1.54) is 42.4 Å². The Morgan fingerprint density at radius 1 is 0.556 bits per heavy atom. The van der Waals surface area contributed by atoms with E-state index < -0.39 is 0 Å². The third-order valence-electron chi connectivity index (χ3n) is 4.89. The van der Waals surface area contributed by atoms with E-state index in [1.807, 2.05) is 0 Å². The quantitative estimate of drug-likeness (QED) is 0.177. The SMILES string of the molecule is BrCCCCCCSC(c1ccccc1)(c1ccccc1)c1ccccc1. The second-order valence-electron chi connectivity index (χ2n) is 6.73. The first-order valence-corrected chi connectivity index (χ1v) is 11.8. The molecule has 0 aliphatic heterocycles. The summed E-state index contributed by atoms with van der Waals surface area (Å²) in [6.07, 6.45) is 5.13. The van der Waals surface area contributed by atoms with Crippen molar-refractivity contribution < 1.29 is 0 Å². The maximum Gasteiger partial charge on any atom is 0.0906 e. The molecule has 27 heavy (non-hydrogen) atoms. The Kier molecular flexibility index (Phi) is 8.04. The Morgan fingerprint density at radius 3 is 1.37 bits per heavy atom. The minimum atomic E-state index is -0.167. The van der Waals surface area contributed by atoms with Crippen molar-refractivity contribution in [2.24, 2.45) is 0 Å². The highest BCUT2D eigenvalue weighted by molar-refractivity contribution is 9.09. The van der Waals surface area contributed by atoms with Gasteiger partial charge in [-0.05, 0) is 35.3 Å². The van der Waals surface area contributed by atoms with Crippen LogP contribution >= 0.6 is 27.7 Å². The van der Waals surface area contributed by atoms with Crippen molar-refractivity contribution in [3.8, 4) is 0 Å². The van der Waals surface area contributed by atoms with Crippen LogP contribution in [-0.2, 0) is 4.75 Å². The van der Waals surface area contributed by atoms with Crippen LogP contribution in [0.5, 0.6) is 0 Å². The molecule has 3 aromatic carbocycles. The summed E-state index contributed by atoms with van der Waals surface area (Å²) in [4.78, 5) is 0. The van der Waals surface area contributed by atoms with Crippen LogP contribution in [0.2, 0.25) is 0 Å². The first-order valence-electron chi connectivity index (χ1n) is 9.74. The Hall–Kier alpha value is -1.51. The number of halogens is 1. The molecule has 0 atom stereocenters. The maximum absolute atomic E-state index is 3.54. The van der Waals surface area contributed by atoms with E-state index >= 15 is 0 Å². The first-order chi connectivity index (χ1) is 13.4. The van der Waals surface area contributed by atoms with Gasteiger partial charge in [-0.15, -0.1) is 11.8 Å². The van der Waals surface area contributed by atoms with E-state index in [9.17, 15) is 0 Å². The van der Waals surface area contributed by atoms with Crippen molar-refractivity contribution in [2.75, 3.05) is 11.1 Å². The Balaban J connectivity index is 1.98. The van der Waals surface area contributed by atoms with Crippen molar-refractivity contribution in [2.45, 2.75) is 30.4 Å². The molecule has 3 aromatic rings. The Labute approximate surface area is 176 Å². The fraction of sp³-hybridized carbons (Fsp3) is 0.280. The van der Waals surface area contributed by atoms with Gasteiger partial charge in [0.2, 0.25) is 0 Å². The minimum Gasteiger partial charge on any atom is -0.141 e. The number of rotatable bonds is 10. The molecule has 2 heteroatoms. The Morgan fingerprint density at radius 2 is 0.963 bits per heavy atom. The van der Waals surface area contributed by atoms with E-state index in [-0.39, 0.29) is 4.75 Å². The second kappa shape index (κ2) is 10.7. The van der Waals surface area contributed by atoms with Gasteiger partial charge >= 0.3 is 0 Å². The molecule has 0 unspecified atom stereocenters. The zero-order valence-electron chi connectivity index (χ0n) is 15.7. The maximum atomic E-state index is 3.54. The number of thioether (sulfide) groups is 1. The highest BCUT2D eigenvalue weighted by Crippen LogP contribution is 2.48. The van der Waals surface area contributed by atoms with Crippen molar-refractivity contribution in [3.05, 3.63) is 108 Å². The topological polar surface area (TPSA) is 0 Å². The van der Waals surface area contributed by atoms with Crippen molar-refractivity contribution in [3.63, 3.8) is 0 Å². The van der Waals surface area contributed by atoms with Crippen LogP contribution in [0.4, 0.5) is 0 Å². The molecule has 0 nitrogen and oxygen atoms in total. The van der Waals surface area contributed by atoms with Gasteiger partial charge in [-0.2, -0.15) is 0 Å². The van der Waals surface area contributed by atoms with E-state index in [4.69, 9.17) is 0 Å². The number of hydrogen-bond donors (Lipinski definition) is 0. The van der Waals surface area contributed by atoms with Gasteiger partial charge in [0.25, 0.3) is 0 Å².